The summed E-state index contributed by atoms with van der Waals surface area (Å²) in [5.74, 6) is 0.907. The van der Waals surface area contributed by atoms with Gasteiger partial charge in [0, 0.05) is 38.3 Å². The number of nitrogens with zero attached hydrogens (tertiary/aromatic N) is 6. The first-order valence-corrected chi connectivity index (χ1v) is 10.1. The topological polar surface area (TPSA) is 59.3 Å². The molecule has 4 rings (SSSR count). The number of alkyl halides is 3. The minimum absolute atomic E-state index is 0.297. The Bertz CT molecular complexity index is 1050. The smallest absolute Gasteiger partial charge is 0.416 e. The maximum atomic E-state index is 13.6. The SMILES string of the molecule is COc1ccc(F)cc1CN1CCN(Cc2nnnn2-c2ccc(C(F)(F)F)cc2)CC1. The van der Waals surface area contributed by atoms with Gasteiger partial charge < -0.3 is 4.74 Å². The second-order valence-corrected chi connectivity index (χ2v) is 7.56. The van der Waals surface area contributed by atoms with Crippen molar-refractivity contribution in [2.75, 3.05) is 33.3 Å². The highest BCUT2D eigenvalue weighted by atomic mass is 19.4. The lowest BCUT2D eigenvalue weighted by atomic mass is 10.1. The van der Waals surface area contributed by atoms with Gasteiger partial charge in [-0.25, -0.2) is 4.39 Å². The summed E-state index contributed by atoms with van der Waals surface area (Å²) in [5.41, 5.74) is 0.545. The summed E-state index contributed by atoms with van der Waals surface area (Å²) in [6, 6.07) is 9.23. The third-order valence-corrected chi connectivity index (χ3v) is 5.44. The van der Waals surface area contributed by atoms with E-state index in [1.165, 1.54) is 28.9 Å². The normalized spacial score (nSPS) is 15.8. The van der Waals surface area contributed by atoms with Gasteiger partial charge in [0.1, 0.15) is 11.6 Å². The lowest BCUT2D eigenvalue weighted by Gasteiger charge is -2.34. The Morgan fingerprint density at radius 3 is 2.22 bits per heavy atom. The van der Waals surface area contributed by atoms with Crippen LogP contribution in [0.15, 0.2) is 42.5 Å². The van der Waals surface area contributed by atoms with E-state index in [0.29, 0.717) is 30.4 Å². The molecule has 1 aliphatic heterocycles. The molecule has 0 aliphatic carbocycles. The summed E-state index contributed by atoms with van der Waals surface area (Å²) in [4.78, 5) is 4.39. The van der Waals surface area contributed by atoms with Gasteiger partial charge in [0.15, 0.2) is 5.82 Å². The van der Waals surface area contributed by atoms with E-state index in [9.17, 15) is 17.6 Å². The standard InChI is InChI=1S/C21H22F4N6O/c1-32-19-7-4-17(22)12-15(19)13-29-8-10-30(11-9-29)14-20-26-27-28-31(20)18-5-2-16(3-6-18)21(23,24)25/h2-7,12H,8-11,13-14H2,1H3. The first-order chi connectivity index (χ1) is 15.3. The van der Waals surface area contributed by atoms with Crippen molar-refractivity contribution in [1.82, 2.24) is 30.0 Å². The lowest BCUT2D eigenvalue weighted by Crippen LogP contribution is -2.45. The molecule has 7 nitrogen and oxygen atoms in total. The van der Waals surface area contributed by atoms with Crippen molar-refractivity contribution in [3.63, 3.8) is 0 Å². The summed E-state index contributed by atoms with van der Waals surface area (Å²) in [6.45, 7) is 4.07. The molecule has 1 saturated heterocycles. The Morgan fingerprint density at radius 2 is 1.59 bits per heavy atom. The molecule has 2 heterocycles. The van der Waals surface area contributed by atoms with Crippen LogP contribution < -0.4 is 4.74 Å². The Balaban J connectivity index is 1.37. The van der Waals surface area contributed by atoms with Crippen molar-refractivity contribution in [2.24, 2.45) is 0 Å². The molecule has 1 aromatic heterocycles. The van der Waals surface area contributed by atoms with Crippen LogP contribution in [-0.4, -0.2) is 63.3 Å². The van der Waals surface area contributed by atoms with E-state index >= 15 is 0 Å². The van der Waals surface area contributed by atoms with Crippen LogP contribution in [0, 0.1) is 5.82 Å². The number of tetrazole rings is 1. The first kappa shape index (κ1) is 22.2. The predicted molar refractivity (Wildman–Crippen MR) is 108 cm³/mol. The molecule has 11 heteroatoms. The number of hydrogen-bond acceptors (Lipinski definition) is 6. The summed E-state index contributed by atoms with van der Waals surface area (Å²) >= 11 is 0. The minimum atomic E-state index is -4.39. The molecule has 0 bridgehead atoms. The average Bonchev–Trinajstić information content (AvgIpc) is 3.23. The van der Waals surface area contributed by atoms with E-state index in [-0.39, 0.29) is 5.82 Å². The summed E-state index contributed by atoms with van der Waals surface area (Å²) in [7, 11) is 1.57. The highest BCUT2D eigenvalue weighted by molar-refractivity contribution is 5.35. The van der Waals surface area contributed by atoms with Crippen molar-refractivity contribution >= 4 is 0 Å². The molecule has 3 aromatic rings. The molecule has 0 radical (unpaired) electrons. The van der Waals surface area contributed by atoms with Gasteiger partial charge in [-0.15, -0.1) is 5.10 Å². The molecule has 0 spiro atoms. The molecule has 32 heavy (non-hydrogen) atoms. The number of methoxy groups -OCH3 is 1. The van der Waals surface area contributed by atoms with E-state index in [2.05, 4.69) is 25.3 Å². The molecular weight excluding hydrogens is 428 g/mol. The van der Waals surface area contributed by atoms with Crippen molar-refractivity contribution in [1.29, 1.82) is 0 Å². The van der Waals surface area contributed by atoms with Crippen LogP contribution in [0.4, 0.5) is 17.6 Å². The number of hydrogen-bond donors (Lipinski definition) is 0. The molecule has 2 aromatic carbocycles. The molecule has 1 aliphatic rings. The molecular formula is C21H22F4N6O. The molecule has 170 valence electrons. The third kappa shape index (κ3) is 5.05. The maximum absolute atomic E-state index is 13.6. The van der Waals surface area contributed by atoms with Crippen LogP contribution in [0.1, 0.15) is 17.0 Å². The second-order valence-electron chi connectivity index (χ2n) is 7.56. The molecule has 0 N–H and O–H groups in total. The zero-order chi connectivity index (χ0) is 22.7. The highest BCUT2D eigenvalue weighted by Crippen LogP contribution is 2.29. The summed E-state index contributed by atoms with van der Waals surface area (Å²) in [6.07, 6.45) is -4.39. The quantitative estimate of drug-likeness (QED) is 0.538. The molecule has 0 unspecified atom stereocenters. The van der Waals surface area contributed by atoms with E-state index < -0.39 is 11.7 Å². The number of benzene rings is 2. The van der Waals surface area contributed by atoms with Crippen LogP contribution in [0.25, 0.3) is 5.69 Å². The van der Waals surface area contributed by atoms with E-state index in [0.717, 1.165) is 43.9 Å². The summed E-state index contributed by atoms with van der Waals surface area (Å²) < 4.78 is 58.8. The number of halogens is 4. The second kappa shape index (κ2) is 9.21. The number of ether oxygens (including phenoxy) is 1. The Kier molecular flexibility index (Phi) is 6.38. The fourth-order valence-electron chi connectivity index (χ4n) is 3.71. The third-order valence-electron chi connectivity index (χ3n) is 5.44. The fourth-order valence-corrected chi connectivity index (χ4v) is 3.71. The zero-order valence-corrected chi connectivity index (χ0v) is 17.4. The van der Waals surface area contributed by atoms with Gasteiger partial charge in [-0.1, -0.05) is 0 Å². The molecule has 0 atom stereocenters. The van der Waals surface area contributed by atoms with Gasteiger partial charge in [0.05, 0.1) is 24.9 Å². The Hall–Kier alpha value is -3.05. The monoisotopic (exact) mass is 450 g/mol. The fraction of sp³-hybridized carbons (Fsp3) is 0.381. The van der Waals surface area contributed by atoms with Gasteiger partial charge in [-0.3, -0.25) is 9.80 Å². The molecule has 0 amide bonds. The van der Waals surface area contributed by atoms with Gasteiger partial charge in [-0.05, 0) is 52.9 Å². The number of aromatic nitrogens is 4. The van der Waals surface area contributed by atoms with Crippen LogP contribution in [0.5, 0.6) is 5.75 Å². The summed E-state index contributed by atoms with van der Waals surface area (Å²) in [5, 5.41) is 11.7. The maximum Gasteiger partial charge on any atom is 0.416 e. The van der Waals surface area contributed by atoms with Gasteiger partial charge in [0.25, 0.3) is 0 Å². The Morgan fingerprint density at radius 1 is 0.938 bits per heavy atom. The van der Waals surface area contributed by atoms with Crippen molar-refractivity contribution < 1.29 is 22.3 Å². The minimum Gasteiger partial charge on any atom is -0.496 e. The zero-order valence-electron chi connectivity index (χ0n) is 17.4. The van der Waals surface area contributed by atoms with Crippen LogP contribution >= 0.6 is 0 Å². The average molecular weight is 450 g/mol. The van der Waals surface area contributed by atoms with Crippen molar-refractivity contribution in [2.45, 2.75) is 19.3 Å². The molecule has 0 saturated carbocycles. The molecule has 1 fully saturated rings. The van der Waals surface area contributed by atoms with Crippen LogP contribution in [0.2, 0.25) is 0 Å². The highest BCUT2D eigenvalue weighted by Gasteiger charge is 2.30. The lowest BCUT2D eigenvalue weighted by molar-refractivity contribution is -0.137. The van der Waals surface area contributed by atoms with E-state index in [4.69, 9.17) is 4.74 Å². The van der Waals surface area contributed by atoms with Gasteiger partial charge in [-0.2, -0.15) is 17.9 Å². The predicted octanol–water partition coefficient (Wildman–Crippen LogP) is 3.15. The van der Waals surface area contributed by atoms with Crippen molar-refractivity contribution in [3.05, 3.63) is 65.2 Å². The largest absolute Gasteiger partial charge is 0.496 e. The van der Waals surface area contributed by atoms with Gasteiger partial charge >= 0.3 is 6.18 Å². The number of rotatable bonds is 6. The van der Waals surface area contributed by atoms with Crippen LogP contribution in [0.3, 0.4) is 0 Å². The van der Waals surface area contributed by atoms with Crippen molar-refractivity contribution in [3.8, 4) is 11.4 Å². The van der Waals surface area contributed by atoms with Crippen LogP contribution in [-0.2, 0) is 19.3 Å². The number of piperazine rings is 1. The van der Waals surface area contributed by atoms with E-state index in [1.807, 2.05) is 0 Å². The van der Waals surface area contributed by atoms with Gasteiger partial charge in [0.2, 0.25) is 0 Å². The van der Waals surface area contributed by atoms with E-state index in [1.54, 1.807) is 13.2 Å². The first-order valence-electron chi connectivity index (χ1n) is 10.1. The Labute approximate surface area is 182 Å².